The van der Waals surface area contributed by atoms with E-state index >= 15 is 0 Å². The van der Waals surface area contributed by atoms with E-state index in [1.807, 2.05) is 12.2 Å². The zero-order valence-corrected chi connectivity index (χ0v) is 12.4. The van der Waals surface area contributed by atoms with Gasteiger partial charge in [0.15, 0.2) is 0 Å². The molecule has 2 bridgehead atoms. The highest BCUT2D eigenvalue weighted by Gasteiger charge is 2.59. The van der Waals surface area contributed by atoms with Crippen LogP contribution >= 0.6 is 0 Å². The highest BCUT2D eigenvalue weighted by Crippen LogP contribution is 2.53. The molecule has 4 rings (SSSR count). The summed E-state index contributed by atoms with van der Waals surface area (Å²) in [6.45, 7) is 0. The Hall–Kier alpha value is -1.99. The summed E-state index contributed by atoms with van der Waals surface area (Å²) in [6, 6.07) is 5.87. The lowest BCUT2D eigenvalue weighted by molar-refractivity contribution is -0.123. The van der Waals surface area contributed by atoms with Crippen LogP contribution in [0.1, 0.15) is 6.42 Å². The van der Waals surface area contributed by atoms with Gasteiger partial charge in [-0.1, -0.05) is 24.3 Å². The average Bonchev–Trinajstić information content (AvgIpc) is 3.12. The molecular weight excluding hydrogens is 304 g/mol. The summed E-state index contributed by atoms with van der Waals surface area (Å²) in [7, 11) is -4.01. The van der Waals surface area contributed by atoms with Crippen LogP contribution < -0.4 is 10.0 Å². The van der Waals surface area contributed by atoms with Gasteiger partial charge in [0.1, 0.15) is 4.90 Å². The zero-order valence-electron chi connectivity index (χ0n) is 11.5. The topological polar surface area (TPSA) is 97.5 Å². The van der Waals surface area contributed by atoms with Gasteiger partial charge in [-0.3, -0.25) is 9.59 Å². The second-order valence-electron chi connectivity index (χ2n) is 6.02. The van der Waals surface area contributed by atoms with Gasteiger partial charge in [-0.05, 0) is 30.4 Å². The van der Waals surface area contributed by atoms with E-state index in [4.69, 9.17) is 5.14 Å². The summed E-state index contributed by atoms with van der Waals surface area (Å²) in [5.41, 5.74) is 0.0637. The number of anilines is 1. The van der Waals surface area contributed by atoms with Crippen molar-refractivity contribution in [3.05, 3.63) is 36.4 Å². The second kappa shape index (κ2) is 4.27. The summed E-state index contributed by atoms with van der Waals surface area (Å²) in [5.74, 6) is -1.20. The van der Waals surface area contributed by atoms with Gasteiger partial charge in [-0.15, -0.1) is 0 Å². The standard InChI is InChI=1S/C15H14N2O4S/c16-22(20,21)11-4-2-1-3-10(11)17-14(18)12-8-5-6-9(7-8)13(12)15(17)19/h1-6,8-9,12-13H,7H2,(H2,16,20,21)/t8-,9+,12-,13+. The SMILES string of the molecule is NS(=O)(=O)c1ccccc1N1C(=O)[C@@H]2[C@H](C1=O)[C@@H]1C=C[C@H]2C1. The molecule has 0 spiro atoms. The quantitative estimate of drug-likeness (QED) is 0.639. The number of allylic oxidation sites excluding steroid dienone is 2. The van der Waals surface area contributed by atoms with Crippen molar-refractivity contribution in [2.24, 2.45) is 28.8 Å². The number of nitrogens with two attached hydrogens (primary N) is 1. The van der Waals surface area contributed by atoms with Gasteiger partial charge < -0.3 is 0 Å². The number of benzene rings is 1. The Morgan fingerprint density at radius 1 is 1.00 bits per heavy atom. The lowest BCUT2D eigenvalue weighted by Gasteiger charge is -2.19. The van der Waals surface area contributed by atoms with E-state index in [9.17, 15) is 18.0 Å². The van der Waals surface area contributed by atoms with Crippen molar-refractivity contribution in [2.45, 2.75) is 11.3 Å². The Bertz CT molecular complexity index is 800. The maximum absolute atomic E-state index is 12.7. The minimum Gasteiger partial charge on any atom is -0.274 e. The molecule has 0 radical (unpaired) electrons. The number of amides is 2. The number of fused-ring (bicyclic) bond motifs is 5. The number of nitrogens with zero attached hydrogens (tertiary/aromatic N) is 1. The van der Waals surface area contributed by atoms with E-state index in [1.54, 1.807) is 6.07 Å². The van der Waals surface area contributed by atoms with Crippen LogP contribution in [0.2, 0.25) is 0 Å². The molecule has 1 aliphatic heterocycles. The predicted molar refractivity (Wildman–Crippen MR) is 78.0 cm³/mol. The minimum absolute atomic E-state index is 0.0637. The van der Waals surface area contributed by atoms with Crippen molar-refractivity contribution >= 4 is 27.5 Å². The van der Waals surface area contributed by atoms with Gasteiger partial charge in [-0.2, -0.15) is 0 Å². The van der Waals surface area contributed by atoms with Gasteiger partial charge >= 0.3 is 0 Å². The van der Waals surface area contributed by atoms with Crippen molar-refractivity contribution < 1.29 is 18.0 Å². The third-order valence-electron chi connectivity index (χ3n) is 4.88. The van der Waals surface area contributed by atoms with Crippen LogP contribution in [0.4, 0.5) is 5.69 Å². The molecule has 1 aromatic carbocycles. The zero-order chi connectivity index (χ0) is 15.6. The maximum Gasteiger partial charge on any atom is 0.240 e. The summed E-state index contributed by atoms with van der Waals surface area (Å²) in [5, 5.41) is 5.21. The number of rotatable bonds is 2. The van der Waals surface area contributed by atoms with Crippen LogP contribution in [0, 0.1) is 23.7 Å². The van der Waals surface area contributed by atoms with Crippen LogP contribution in [0.15, 0.2) is 41.3 Å². The Labute approximate surface area is 127 Å². The average molecular weight is 318 g/mol. The Morgan fingerprint density at radius 2 is 1.55 bits per heavy atom. The third kappa shape index (κ3) is 1.66. The fraction of sp³-hybridized carbons (Fsp3) is 0.333. The number of hydrogen-bond donors (Lipinski definition) is 1. The molecule has 7 heteroatoms. The van der Waals surface area contributed by atoms with Crippen LogP contribution in [0.25, 0.3) is 0 Å². The first-order valence-electron chi connectivity index (χ1n) is 7.07. The molecule has 0 aromatic heterocycles. The first-order chi connectivity index (χ1) is 10.4. The molecule has 2 fully saturated rings. The van der Waals surface area contributed by atoms with Crippen LogP contribution in [-0.2, 0) is 19.6 Å². The highest BCUT2D eigenvalue weighted by atomic mass is 32.2. The number of imide groups is 1. The van der Waals surface area contributed by atoms with Gasteiger partial charge in [0.2, 0.25) is 21.8 Å². The van der Waals surface area contributed by atoms with Gasteiger partial charge in [0.25, 0.3) is 0 Å². The smallest absolute Gasteiger partial charge is 0.240 e. The van der Waals surface area contributed by atoms with Crippen LogP contribution in [0.3, 0.4) is 0 Å². The lowest BCUT2D eigenvalue weighted by atomic mass is 9.85. The first kappa shape index (κ1) is 13.7. The van der Waals surface area contributed by atoms with Crippen molar-refractivity contribution in [1.29, 1.82) is 0 Å². The largest absolute Gasteiger partial charge is 0.274 e. The normalized spacial score (nSPS) is 32.9. The Kier molecular flexibility index (Phi) is 2.65. The minimum atomic E-state index is -4.01. The molecule has 6 nitrogen and oxygen atoms in total. The fourth-order valence-corrected chi connectivity index (χ4v) is 4.74. The van der Waals surface area contributed by atoms with E-state index in [2.05, 4.69) is 0 Å². The fourth-order valence-electron chi connectivity index (χ4n) is 4.02. The van der Waals surface area contributed by atoms with Gasteiger partial charge in [-0.25, -0.2) is 18.5 Å². The number of sulfonamides is 1. The first-order valence-corrected chi connectivity index (χ1v) is 8.62. The molecule has 2 aliphatic carbocycles. The van der Waals surface area contributed by atoms with Gasteiger partial charge in [0, 0.05) is 0 Å². The molecule has 1 saturated carbocycles. The molecular formula is C15H14N2O4S. The molecule has 2 N–H and O–H groups in total. The van der Waals surface area contributed by atoms with E-state index < -0.39 is 10.0 Å². The van der Waals surface area contributed by atoms with Crippen LogP contribution in [0.5, 0.6) is 0 Å². The van der Waals surface area contributed by atoms with E-state index in [0.29, 0.717) is 0 Å². The molecule has 3 aliphatic rings. The van der Waals surface area contributed by atoms with Gasteiger partial charge in [0.05, 0.1) is 17.5 Å². The molecule has 4 atom stereocenters. The predicted octanol–water partition coefficient (Wildman–Crippen LogP) is 0.646. The van der Waals surface area contributed by atoms with E-state index in [-0.39, 0.29) is 46.1 Å². The lowest BCUT2D eigenvalue weighted by Crippen LogP contribution is -2.34. The Balaban J connectivity index is 1.83. The van der Waals surface area contributed by atoms with Crippen molar-refractivity contribution in [1.82, 2.24) is 0 Å². The van der Waals surface area contributed by atoms with Crippen molar-refractivity contribution in [3.63, 3.8) is 0 Å². The highest BCUT2D eigenvalue weighted by molar-refractivity contribution is 7.89. The summed E-state index contributed by atoms with van der Waals surface area (Å²) in [6.07, 6.45) is 4.82. The number of para-hydroxylation sites is 1. The summed E-state index contributed by atoms with van der Waals surface area (Å²) in [4.78, 5) is 26.2. The third-order valence-corrected chi connectivity index (χ3v) is 5.84. The molecule has 0 unspecified atom stereocenters. The van der Waals surface area contributed by atoms with Crippen molar-refractivity contribution in [2.75, 3.05) is 4.90 Å². The molecule has 1 heterocycles. The second-order valence-corrected chi connectivity index (χ2v) is 7.55. The van der Waals surface area contributed by atoms with Crippen molar-refractivity contribution in [3.8, 4) is 0 Å². The van der Waals surface area contributed by atoms with E-state index in [1.165, 1.54) is 18.2 Å². The van der Waals surface area contributed by atoms with E-state index in [0.717, 1.165) is 11.3 Å². The summed E-state index contributed by atoms with van der Waals surface area (Å²) < 4.78 is 23.5. The van der Waals surface area contributed by atoms with Crippen LogP contribution in [-0.4, -0.2) is 20.2 Å². The number of primary sulfonamides is 1. The molecule has 1 saturated heterocycles. The molecule has 2 amide bonds. The molecule has 1 aromatic rings. The summed E-state index contributed by atoms with van der Waals surface area (Å²) >= 11 is 0. The Morgan fingerprint density at radius 3 is 2.09 bits per heavy atom. The molecule has 22 heavy (non-hydrogen) atoms. The number of carbonyl (C=O) groups is 2. The maximum atomic E-state index is 12.7. The molecule has 114 valence electrons. The number of carbonyl (C=O) groups excluding carboxylic acids is 2. The monoisotopic (exact) mass is 318 g/mol. The number of hydrogen-bond acceptors (Lipinski definition) is 4.